The van der Waals surface area contributed by atoms with E-state index >= 15 is 0 Å². The Balaban J connectivity index is 2.04. The van der Waals surface area contributed by atoms with Gasteiger partial charge in [0.05, 0.1) is 15.5 Å². The van der Waals surface area contributed by atoms with E-state index in [4.69, 9.17) is 21.1 Å². The highest BCUT2D eigenvalue weighted by atomic mass is 79.9. The zero-order valence-corrected chi connectivity index (χ0v) is 16.5. The molecule has 142 valence electrons. The largest absolute Gasteiger partial charge is 0.426 e. The minimum absolute atomic E-state index is 0.0796. The van der Waals surface area contributed by atoms with Gasteiger partial charge in [0, 0.05) is 29.1 Å². The number of non-ortho nitro benzene ring substituents is 1. The lowest BCUT2D eigenvalue weighted by molar-refractivity contribution is -0.384. The molecule has 0 saturated heterocycles. The molecule has 1 aliphatic heterocycles. The molecule has 0 saturated carbocycles. The Labute approximate surface area is 171 Å². The van der Waals surface area contributed by atoms with Gasteiger partial charge in [-0.15, -0.1) is 0 Å². The van der Waals surface area contributed by atoms with Crippen LogP contribution in [-0.2, 0) is 14.3 Å². The fourth-order valence-electron chi connectivity index (χ4n) is 2.34. The van der Waals surface area contributed by atoms with E-state index in [1.165, 1.54) is 31.2 Å². The second kappa shape index (κ2) is 7.91. The standard InChI is InChI=1S/C18H10BrClN2O6/c1-9(23)27-16-5-2-11(19)6-10(16)7-15-18(24)28-17(21-15)13-8-12(22(25)26)3-4-14(13)20/h2-8H,1H3. The van der Waals surface area contributed by atoms with E-state index in [1.807, 2.05) is 0 Å². The van der Waals surface area contributed by atoms with E-state index in [2.05, 4.69) is 20.9 Å². The van der Waals surface area contributed by atoms with Gasteiger partial charge >= 0.3 is 11.9 Å². The van der Waals surface area contributed by atoms with Crippen LogP contribution in [0.15, 0.2) is 51.6 Å². The molecule has 0 spiro atoms. The molecule has 3 rings (SSSR count). The number of benzene rings is 2. The topological polar surface area (TPSA) is 108 Å². The zero-order valence-electron chi connectivity index (χ0n) is 14.1. The monoisotopic (exact) mass is 464 g/mol. The van der Waals surface area contributed by atoms with E-state index in [0.29, 0.717) is 10.0 Å². The molecule has 0 atom stereocenters. The molecule has 1 aliphatic rings. The average Bonchev–Trinajstić information content (AvgIpc) is 2.97. The smallest absolute Gasteiger partial charge is 0.363 e. The average molecular weight is 466 g/mol. The van der Waals surface area contributed by atoms with Gasteiger partial charge in [-0.3, -0.25) is 14.9 Å². The van der Waals surface area contributed by atoms with Crippen LogP contribution in [0.3, 0.4) is 0 Å². The normalized spacial score (nSPS) is 14.6. The van der Waals surface area contributed by atoms with Gasteiger partial charge in [0.2, 0.25) is 5.90 Å². The van der Waals surface area contributed by atoms with E-state index < -0.39 is 16.9 Å². The number of aliphatic imine (C=N–C) groups is 1. The third-order valence-electron chi connectivity index (χ3n) is 3.53. The van der Waals surface area contributed by atoms with Crippen LogP contribution in [0.25, 0.3) is 6.08 Å². The Morgan fingerprint density at radius 3 is 2.75 bits per heavy atom. The molecule has 0 N–H and O–H groups in total. The number of cyclic esters (lactones) is 1. The summed E-state index contributed by atoms with van der Waals surface area (Å²) >= 11 is 9.37. The molecule has 1 heterocycles. The van der Waals surface area contributed by atoms with Crippen molar-refractivity contribution in [2.24, 2.45) is 4.99 Å². The maximum absolute atomic E-state index is 12.2. The molecule has 0 unspecified atom stereocenters. The molecular weight excluding hydrogens is 456 g/mol. The Morgan fingerprint density at radius 2 is 2.07 bits per heavy atom. The van der Waals surface area contributed by atoms with Crippen LogP contribution in [0.4, 0.5) is 5.69 Å². The van der Waals surface area contributed by atoms with Gasteiger partial charge in [-0.1, -0.05) is 27.5 Å². The maximum atomic E-state index is 12.2. The van der Waals surface area contributed by atoms with Gasteiger partial charge in [-0.05, 0) is 30.3 Å². The number of esters is 2. The molecule has 0 aromatic heterocycles. The summed E-state index contributed by atoms with van der Waals surface area (Å²) in [6, 6.07) is 8.57. The molecule has 8 nitrogen and oxygen atoms in total. The number of nitro groups is 1. The summed E-state index contributed by atoms with van der Waals surface area (Å²) in [7, 11) is 0. The van der Waals surface area contributed by atoms with Crippen molar-refractivity contribution in [3.05, 3.63) is 72.8 Å². The molecule has 0 radical (unpaired) electrons. The van der Waals surface area contributed by atoms with Crippen molar-refractivity contribution in [3.63, 3.8) is 0 Å². The van der Waals surface area contributed by atoms with Crippen molar-refractivity contribution >= 4 is 57.1 Å². The summed E-state index contributed by atoms with van der Waals surface area (Å²) in [6.07, 6.45) is 1.38. The molecule has 0 amide bonds. The van der Waals surface area contributed by atoms with E-state index in [-0.39, 0.29) is 33.6 Å². The lowest BCUT2D eigenvalue weighted by Gasteiger charge is -2.06. The van der Waals surface area contributed by atoms with E-state index in [9.17, 15) is 19.7 Å². The summed E-state index contributed by atoms with van der Waals surface area (Å²) in [5.74, 6) is -1.23. The highest BCUT2D eigenvalue weighted by molar-refractivity contribution is 9.10. The van der Waals surface area contributed by atoms with Gasteiger partial charge in [-0.2, -0.15) is 0 Å². The van der Waals surface area contributed by atoms with Gasteiger partial charge < -0.3 is 9.47 Å². The number of ether oxygens (including phenoxy) is 2. The third-order valence-corrected chi connectivity index (χ3v) is 4.35. The minimum Gasteiger partial charge on any atom is -0.426 e. The van der Waals surface area contributed by atoms with Crippen LogP contribution < -0.4 is 4.74 Å². The number of hydrogen-bond acceptors (Lipinski definition) is 7. The van der Waals surface area contributed by atoms with Crippen molar-refractivity contribution in [2.75, 3.05) is 0 Å². The lowest BCUT2D eigenvalue weighted by Crippen LogP contribution is -2.06. The molecule has 10 heteroatoms. The van der Waals surface area contributed by atoms with Gasteiger partial charge in [0.1, 0.15) is 5.75 Å². The van der Waals surface area contributed by atoms with Crippen molar-refractivity contribution < 1.29 is 24.0 Å². The molecular formula is C18H10BrClN2O6. The Morgan fingerprint density at radius 1 is 1.32 bits per heavy atom. The first-order valence-corrected chi connectivity index (χ1v) is 8.86. The Kier molecular flexibility index (Phi) is 5.57. The number of halogens is 2. The van der Waals surface area contributed by atoms with Crippen LogP contribution in [-0.4, -0.2) is 22.8 Å². The van der Waals surface area contributed by atoms with Gasteiger partial charge in [0.15, 0.2) is 5.70 Å². The number of hydrogen-bond donors (Lipinski definition) is 0. The van der Waals surface area contributed by atoms with Crippen LogP contribution in [0.2, 0.25) is 5.02 Å². The highest BCUT2D eigenvalue weighted by Gasteiger charge is 2.27. The molecule has 0 bridgehead atoms. The summed E-state index contributed by atoms with van der Waals surface area (Å²) in [4.78, 5) is 37.9. The SMILES string of the molecule is CC(=O)Oc1ccc(Br)cc1C=C1N=C(c2cc([N+](=O)[O-])ccc2Cl)OC1=O. The first-order chi connectivity index (χ1) is 13.2. The molecule has 2 aromatic carbocycles. The predicted molar refractivity (Wildman–Crippen MR) is 104 cm³/mol. The van der Waals surface area contributed by atoms with Gasteiger partial charge in [-0.25, -0.2) is 9.79 Å². The number of rotatable bonds is 4. The molecule has 28 heavy (non-hydrogen) atoms. The lowest BCUT2D eigenvalue weighted by atomic mass is 10.1. The maximum Gasteiger partial charge on any atom is 0.363 e. The number of carbonyl (C=O) groups is 2. The van der Waals surface area contributed by atoms with E-state index in [0.717, 1.165) is 0 Å². The van der Waals surface area contributed by atoms with Crippen molar-refractivity contribution in [3.8, 4) is 5.75 Å². The number of nitro benzene ring substituents is 1. The molecule has 0 fully saturated rings. The van der Waals surface area contributed by atoms with Crippen LogP contribution in [0, 0.1) is 10.1 Å². The minimum atomic E-state index is -0.772. The van der Waals surface area contributed by atoms with E-state index in [1.54, 1.807) is 18.2 Å². The van der Waals surface area contributed by atoms with Crippen LogP contribution >= 0.6 is 27.5 Å². The predicted octanol–water partition coefficient (Wildman–Crippen LogP) is 4.28. The number of nitrogens with zero attached hydrogens (tertiary/aromatic N) is 2. The second-order valence-electron chi connectivity index (χ2n) is 5.53. The van der Waals surface area contributed by atoms with Crippen molar-refractivity contribution in [1.82, 2.24) is 0 Å². The zero-order chi connectivity index (χ0) is 20.4. The first-order valence-electron chi connectivity index (χ1n) is 7.69. The van der Waals surface area contributed by atoms with Crippen molar-refractivity contribution in [1.29, 1.82) is 0 Å². The summed E-state index contributed by atoms with van der Waals surface area (Å²) < 4.78 is 10.9. The second-order valence-corrected chi connectivity index (χ2v) is 6.86. The van der Waals surface area contributed by atoms with Crippen LogP contribution in [0.1, 0.15) is 18.1 Å². The molecule has 2 aromatic rings. The summed E-state index contributed by atoms with van der Waals surface area (Å²) in [5, 5.41) is 11.1. The first kappa shape index (κ1) is 19.7. The fourth-order valence-corrected chi connectivity index (χ4v) is 2.92. The third kappa shape index (κ3) is 4.26. The van der Waals surface area contributed by atoms with Gasteiger partial charge in [0.25, 0.3) is 5.69 Å². The molecule has 0 aliphatic carbocycles. The summed E-state index contributed by atoms with van der Waals surface area (Å²) in [6.45, 7) is 1.25. The van der Waals surface area contributed by atoms with Crippen LogP contribution in [0.5, 0.6) is 5.75 Å². The number of carbonyl (C=O) groups excluding carboxylic acids is 2. The van der Waals surface area contributed by atoms with Crippen molar-refractivity contribution in [2.45, 2.75) is 6.92 Å². The Hall–Kier alpha value is -3.04. The Bertz CT molecular complexity index is 1080. The quantitative estimate of drug-likeness (QED) is 0.219. The highest BCUT2D eigenvalue weighted by Crippen LogP contribution is 2.30. The fraction of sp³-hybridized carbons (Fsp3) is 0.0556. The summed E-state index contributed by atoms with van der Waals surface area (Å²) in [5.41, 5.74) is 0.220.